The van der Waals surface area contributed by atoms with Crippen molar-refractivity contribution in [3.8, 4) is 0 Å². The highest BCUT2D eigenvalue weighted by Crippen LogP contribution is 2.25. The van der Waals surface area contributed by atoms with E-state index in [2.05, 4.69) is 9.89 Å². The third-order valence-corrected chi connectivity index (χ3v) is 3.26. The van der Waals surface area contributed by atoms with Crippen LogP contribution in [0.2, 0.25) is 0 Å². The van der Waals surface area contributed by atoms with Crippen molar-refractivity contribution < 1.29 is 4.74 Å². The number of piperidine rings is 1. The molecule has 2 heterocycles. The first kappa shape index (κ1) is 9.70. The van der Waals surface area contributed by atoms with Crippen LogP contribution < -0.4 is 0 Å². The molecule has 1 aromatic rings. The molecule has 1 atom stereocenters. The second-order valence-electron chi connectivity index (χ2n) is 4.38. The quantitative estimate of drug-likeness (QED) is 0.720. The van der Waals surface area contributed by atoms with E-state index in [1.165, 1.54) is 19.3 Å². The van der Waals surface area contributed by atoms with Gasteiger partial charge in [0, 0.05) is 6.54 Å². The van der Waals surface area contributed by atoms with E-state index >= 15 is 0 Å². The van der Waals surface area contributed by atoms with Crippen molar-refractivity contribution in [2.45, 2.75) is 25.3 Å². The SMILES string of the molecule is c1ccc(/N=C2\OCC3CCCCN23)cc1. The summed E-state index contributed by atoms with van der Waals surface area (Å²) in [6.07, 6.45) is 3.82. The Balaban J connectivity index is 1.82. The highest BCUT2D eigenvalue weighted by Gasteiger charge is 2.32. The Bertz CT molecular complexity index is 388. The topological polar surface area (TPSA) is 24.8 Å². The molecule has 0 aliphatic carbocycles. The van der Waals surface area contributed by atoms with Gasteiger partial charge in [0.2, 0.25) is 0 Å². The molecule has 0 N–H and O–H groups in total. The van der Waals surface area contributed by atoms with Gasteiger partial charge in [0.15, 0.2) is 0 Å². The second kappa shape index (κ2) is 4.16. The maximum atomic E-state index is 5.68. The van der Waals surface area contributed by atoms with Crippen molar-refractivity contribution in [3.63, 3.8) is 0 Å². The first-order chi connectivity index (χ1) is 7.93. The van der Waals surface area contributed by atoms with Crippen molar-refractivity contribution in [3.05, 3.63) is 30.3 Å². The van der Waals surface area contributed by atoms with Gasteiger partial charge in [0.1, 0.15) is 6.61 Å². The van der Waals surface area contributed by atoms with Crippen LogP contribution in [0.15, 0.2) is 35.3 Å². The van der Waals surface area contributed by atoms with Gasteiger partial charge >= 0.3 is 0 Å². The predicted molar refractivity (Wildman–Crippen MR) is 63.8 cm³/mol. The fraction of sp³-hybridized carbons (Fsp3) is 0.462. The summed E-state index contributed by atoms with van der Waals surface area (Å²) in [4.78, 5) is 6.88. The zero-order chi connectivity index (χ0) is 10.8. The molecule has 0 bridgehead atoms. The van der Waals surface area contributed by atoms with Crippen LogP contribution in [0.5, 0.6) is 0 Å². The van der Waals surface area contributed by atoms with Gasteiger partial charge < -0.3 is 9.64 Å². The zero-order valence-corrected chi connectivity index (χ0v) is 9.30. The molecule has 2 aliphatic rings. The lowest BCUT2D eigenvalue weighted by Gasteiger charge is -2.27. The minimum atomic E-state index is 0.566. The Labute approximate surface area is 95.7 Å². The van der Waals surface area contributed by atoms with E-state index < -0.39 is 0 Å². The molecule has 16 heavy (non-hydrogen) atoms. The molecular formula is C13H16N2O. The van der Waals surface area contributed by atoms with Crippen LogP contribution in [0.25, 0.3) is 0 Å². The maximum Gasteiger partial charge on any atom is 0.293 e. The average molecular weight is 216 g/mol. The van der Waals surface area contributed by atoms with E-state index in [-0.39, 0.29) is 0 Å². The van der Waals surface area contributed by atoms with E-state index in [1.54, 1.807) is 0 Å². The number of hydrogen-bond acceptors (Lipinski definition) is 2. The van der Waals surface area contributed by atoms with Crippen molar-refractivity contribution in [2.75, 3.05) is 13.2 Å². The Morgan fingerprint density at radius 2 is 2.06 bits per heavy atom. The molecule has 2 saturated heterocycles. The van der Waals surface area contributed by atoms with Crippen molar-refractivity contribution >= 4 is 11.7 Å². The van der Waals surface area contributed by atoms with E-state index in [0.29, 0.717) is 6.04 Å². The number of benzene rings is 1. The van der Waals surface area contributed by atoms with Crippen LogP contribution in [0, 0.1) is 0 Å². The molecule has 1 aromatic carbocycles. The summed E-state index contributed by atoms with van der Waals surface area (Å²) in [5.74, 6) is 0. The number of para-hydroxylation sites is 1. The predicted octanol–water partition coefficient (Wildman–Crippen LogP) is 2.56. The Hall–Kier alpha value is -1.51. The summed E-state index contributed by atoms with van der Waals surface area (Å²) in [5.41, 5.74) is 0.976. The fourth-order valence-electron chi connectivity index (χ4n) is 2.39. The normalized spacial score (nSPS) is 26.6. The first-order valence-corrected chi connectivity index (χ1v) is 5.97. The van der Waals surface area contributed by atoms with Gasteiger partial charge in [0.25, 0.3) is 6.02 Å². The standard InChI is InChI=1S/C13H16N2O/c1-2-6-11(7-3-1)14-13-15-9-5-4-8-12(15)10-16-13/h1-3,6-7,12H,4-5,8-10H2/b14-13-. The molecule has 0 saturated carbocycles. The van der Waals surface area contributed by atoms with E-state index in [0.717, 1.165) is 24.9 Å². The van der Waals surface area contributed by atoms with Crippen LogP contribution in [0.4, 0.5) is 5.69 Å². The number of aliphatic imine (C=N–C) groups is 1. The number of nitrogens with zero attached hydrogens (tertiary/aromatic N) is 2. The van der Waals surface area contributed by atoms with Crippen molar-refractivity contribution in [1.29, 1.82) is 0 Å². The molecule has 3 rings (SSSR count). The zero-order valence-electron chi connectivity index (χ0n) is 9.30. The van der Waals surface area contributed by atoms with Gasteiger partial charge in [-0.05, 0) is 31.4 Å². The molecule has 2 aliphatic heterocycles. The summed E-state index contributed by atoms with van der Waals surface area (Å²) in [6.45, 7) is 1.90. The minimum Gasteiger partial charge on any atom is -0.463 e. The van der Waals surface area contributed by atoms with Gasteiger partial charge in [-0.2, -0.15) is 4.99 Å². The first-order valence-electron chi connectivity index (χ1n) is 5.97. The Kier molecular flexibility index (Phi) is 2.52. The van der Waals surface area contributed by atoms with Crippen molar-refractivity contribution in [2.24, 2.45) is 4.99 Å². The van der Waals surface area contributed by atoms with Crippen LogP contribution >= 0.6 is 0 Å². The van der Waals surface area contributed by atoms with E-state index in [1.807, 2.05) is 30.3 Å². The molecule has 0 aromatic heterocycles. The van der Waals surface area contributed by atoms with Crippen LogP contribution in [-0.4, -0.2) is 30.1 Å². The van der Waals surface area contributed by atoms with Gasteiger partial charge in [-0.15, -0.1) is 0 Å². The van der Waals surface area contributed by atoms with Gasteiger partial charge in [-0.3, -0.25) is 0 Å². The molecule has 84 valence electrons. The molecule has 0 radical (unpaired) electrons. The largest absolute Gasteiger partial charge is 0.463 e. The second-order valence-corrected chi connectivity index (χ2v) is 4.38. The van der Waals surface area contributed by atoms with Crippen LogP contribution in [0.3, 0.4) is 0 Å². The summed E-state index contributed by atoms with van der Waals surface area (Å²) < 4.78 is 5.68. The van der Waals surface area contributed by atoms with Crippen LogP contribution in [0.1, 0.15) is 19.3 Å². The molecule has 2 fully saturated rings. The molecular weight excluding hydrogens is 200 g/mol. The Morgan fingerprint density at radius 1 is 1.19 bits per heavy atom. The summed E-state index contributed by atoms with van der Waals surface area (Å²) in [7, 11) is 0. The number of ether oxygens (including phenoxy) is 1. The molecule has 0 amide bonds. The van der Waals surface area contributed by atoms with Crippen molar-refractivity contribution in [1.82, 2.24) is 4.90 Å². The summed E-state index contributed by atoms with van der Waals surface area (Å²) >= 11 is 0. The number of rotatable bonds is 1. The molecule has 1 unspecified atom stereocenters. The third kappa shape index (κ3) is 1.77. The van der Waals surface area contributed by atoms with Gasteiger partial charge in [-0.25, -0.2) is 0 Å². The lowest BCUT2D eigenvalue weighted by molar-refractivity contribution is 0.256. The smallest absolute Gasteiger partial charge is 0.293 e. The van der Waals surface area contributed by atoms with E-state index in [4.69, 9.17) is 4.74 Å². The van der Waals surface area contributed by atoms with Gasteiger partial charge in [0.05, 0.1) is 11.7 Å². The maximum absolute atomic E-state index is 5.68. The highest BCUT2D eigenvalue weighted by atomic mass is 16.5. The average Bonchev–Trinajstić information content (AvgIpc) is 2.74. The minimum absolute atomic E-state index is 0.566. The summed E-state index contributed by atoms with van der Waals surface area (Å²) in [5, 5.41) is 0. The fourth-order valence-corrected chi connectivity index (χ4v) is 2.39. The number of hydrogen-bond donors (Lipinski definition) is 0. The third-order valence-electron chi connectivity index (χ3n) is 3.26. The lowest BCUT2D eigenvalue weighted by atomic mass is 10.0. The van der Waals surface area contributed by atoms with Gasteiger partial charge in [-0.1, -0.05) is 18.2 Å². The Morgan fingerprint density at radius 3 is 2.94 bits per heavy atom. The number of fused-ring (bicyclic) bond motifs is 1. The summed E-state index contributed by atoms with van der Waals surface area (Å²) in [6, 6.07) is 11.4. The number of amidine groups is 1. The highest BCUT2D eigenvalue weighted by molar-refractivity contribution is 5.79. The molecule has 3 heteroatoms. The molecule has 0 spiro atoms. The lowest BCUT2D eigenvalue weighted by Crippen LogP contribution is -2.38. The monoisotopic (exact) mass is 216 g/mol. The van der Waals surface area contributed by atoms with E-state index in [9.17, 15) is 0 Å². The van der Waals surface area contributed by atoms with Crippen LogP contribution in [-0.2, 0) is 4.74 Å². The molecule has 3 nitrogen and oxygen atoms in total.